The molecule has 31 heavy (non-hydrogen) atoms. The van der Waals surface area contributed by atoms with Crippen LogP contribution in [0.5, 0.6) is 0 Å². The van der Waals surface area contributed by atoms with Crippen molar-refractivity contribution in [2.24, 2.45) is 5.16 Å². The molecule has 1 heterocycles. The van der Waals surface area contributed by atoms with Crippen LogP contribution in [0.15, 0.2) is 47.6 Å². The lowest BCUT2D eigenvalue weighted by atomic mass is 9.88. The van der Waals surface area contributed by atoms with Gasteiger partial charge in [0.1, 0.15) is 0 Å². The van der Waals surface area contributed by atoms with E-state index in [9.17, 15) is 18.0 Å². The third-order valence-electron chi connectivity index (χ3n) is 4.89. The van der Waals surface area contributed by atoms with Crippen molar-refractivity contribution < 1.29 is 27.5 Å². The highest BCUT2D eigenvalue weighted by atomic mass is 35.5. The van der Waals surface area contributed by atoms with Crippen LogP contribution in [0.25, 0.3) is 0 Å². The number of oxime groups is 1. The van der Waals surface area contributed by atoms with Crippen LogP contribution in [-0.2, 0) is 21.7 Å². The van der Waals surface area contributed by atoms with Crippen molar-refractivity contribution in [2.45, 2.75) is 24.7 Å². The maximum atomic E-state index is 14.1. The van der Waals surface area contributed by atoms with Gasteiger partial charge in [-0.3, -0.25) is 4.90 Å². The number of methoxy groups -OCH3 is 1. The molecule has 0 amide bonds. The summed E-state index contributed by atoms with van der Waals surface area (Å²) in [5, 5.41) is 3.86. The van der Waals surface area contributed by atoms with E-state index in [1.165, 1.54) is 25.3 Å². The minimum absolute atomic E-state index is 0.0692. The fourth-order valence-electron chi connectivity index (χ4n) is 3.46. The molecule has 3 rings (SSSR count). The molecule has 0 saturated carbocycles. The van der Waals surface area contributed by atoms with Crippen molar-refractivity contribution in [3.63, 3.8) is 0 Å². The van der Waals surface area contributed by atoms with Crippen LogP contribution >= 0.6 is 23.2 Å². The maximum absolute atomic E-state index is 14.1. The van der Waals surface area contributed by atoms with Gasteiger partial charge in [0.15, 0.2) is 0 Å². The summed E-state index contributed by atoms with van der Waals surface area (Å²) in [5.74, 6) is -0.487. The number of halogens is 5. The fraction of sp³-hybridized carbons (Fsp3) is 0.333. The fourth-order valence-corrected chi connectivity index (χ4v) is 3.99. The van der Waals surface area contributed by atoms with Gasteiger partial charge in [0.2, 0.25) is 0 Å². The van der Waals surface area contributed by atoms with Crippen LogP contribution in [0, 0.1) is 0 Å². The van der Waals surface area contributed by atoms with Crippen LogP contribution in [0.3, 0.4) is 0 Å². The summed E-state index contributed by atoms with van der Waals surface area (Å²) < 4.78 is 46.9. The van der Waals surface area contributed by atoms with Gasteiger partial charge in [-0.2, -0.15) is 13.2 Å². The van der Waals surface area contributed by atoms with Gasteiger partial charge in [-0.25, -0.2) is 4.79 Å². The molecule has 0 bridgehead atoms. The highest BCUT2D eigenvalue weighted by Gasteiger charge is 2.62. The van der Waals surface area contributed by atoms with Crippen molar-refractivity contribution in [1.82, 2.24) is 4.90 Å². The predicted molar refractivity (Wildman–Crippen MR) is 111 cm³/mol. The van der Waals surface area contributed by atoms with Gasteiger partial charge in [0, 0.05) is 35.1 Å². The number of ether oxygens (including phenoxy) is 1. The summed E-state index contributed by atoms with van der Waals surface area (Å²) in [4.78, 5) is 18.7. The van der Waals surface area contributed by atoms with E-state index in [0.717, 1.165) is 0 Å². The smallest absolute Gasteiger partial charge is 0.435 e. The highest BCUT2D eigenvalue weighted by Crippen LogP contribution is 2.49. The Balaban J connectivity index is 1.78. The molecule has 10 heteroatoms. The quantitative estimate of drug-likeness (QED) is 0.522. The zero-order valence-corrected chi connectivity index (χ0v) is 18.2. The Morgan fingerprint density at radius 2 is 1.84 bits per heavy atom. The number of alkyl halides is 3. The molecule has 0 N–H and O–H groups in total. The first-order valence-corrected chi connectivity index (χ1v) is 9.93. The number of rotatable bonds is 6. The minimum atomic E-state index is -4.75. The lowest BCUT2D eigenvalue weighted by molar-refractivity contribution is -0.275. The molecule has 1 aliphatic heterocycles. The number of nitrogens with zero attached hydrogens (tertiary/aromatic N) is 2. The maximum Gasteiger partial charge on any atom is 0.435 e. The van der Waals surface area contributed by atoms with Gasteiger partial charge >= 0.3 is 12.1 Å². The van der Waals surface area contributed by atoms with E-state index in [4.69, 9.17) is 32.8 Å². The molecular weight excluding hydrogens is 456 g/mol. The summed E-state index contributed by atoms with van der Waals surface area (Å²) >= 11 is 11.8. The second-order valence-corrected chi connectivity index (χ2v) is 8.10. The first-order chi connectivity index (χ1) is 14.6. The van der Waals surface area contributed by atoms with Gasteiger partial charge in [0.25, 0.3) is 5.60 Å². The Bertz CT molecular complexity index is 993. The first-order valence-electron chi connectivity index (χ1n) is 9.17. The van der Waals surface area contributed by atoms with Gasteiger partial charge in [0.05, 0.1) is 18.4 Å². The first kappa shape index (κ1) is 23.4. The summed E-state index contributed by atoms with van der Waals surface area (Å²) in [7, 11) is 2.99. The van der Waals surface area contributed by atoms with E-state index in [1.807, 2.05) is 0 Å². The summed E-state index contributed by atoms with van der Waals surface area (Å²) in [6.07, 6.45) is -5.25. The Labute approximate surface area is 187 Å². The molecule has 2 aromatic carbocycles. The van der Waals surface area contributed by atoms with Crippen molar-refractivity contribution >= 4 is 34.9 Å². The van der Waals surface area contributed by atoms with Crippen LogP contribution < -0.4 is 0 Å². The third kappa shape index (κ3) is 4.97. The van der Waals surface area contributed by atoms with Gasteiger partial charge in [-0.1, -0.05) is 46.6 Å². The second kappa shape index (κ2) is 9.06. The third-order valence-corrected chi connectivity index (χ3v) is 5.32. The monoisotopic (exact) mass is 474 g/mol. The zero-order chi connectivity index (χ0) is 22.8. The van der Waals surface area contributed by atoms with E-state index in [1.54, 1.807) is 36.2 Å². The molecule has 0 fully saturated rings. The summed E-state index contributed by atoms with van der Waals surface area (Å²) in [6.45, 7) is 0.397. The average Bonchev–Trinajstić information content (AvgIpc) is 3.12. The van der Waals surface area contributed by atoms with Crippen molar-refractivity contribution in [3.05, 3.63) is 69.2 Å². The molecule has 0 spiro atoms. The van der Waals surface area contributed by atoms with Crippen molar-refractivity contribution in [2.75, 3.05) is 20.7 Å². The van der Waals surface area contributed by atoms with E-state index in [2.05, 4.69) is 5.16 Å². The SMILES string of the molecule is COC(=O)c1ccccc1CN(C)CC1=NOC(c2cc(Cl)cc(Cl)c2)(C(F)(F)F)C1. The molecule has 0 aromatic heterocycles. The van der Waals surface area contributed by atoms with Gasteiger partial charge in [-0.15, -0.1) is 0 Å². The van der Waals surface area contributed by atoms with Crippen LogP contribution in [0.4, 0.5) is 13.2 Å². The molecule has 1 aliphatic rings. The van der Waals surface area contributed by atoms with E-state index >= 15 is 0 Å². The van der Waals surface area contributed by atoms with Crippen molar-refractivity contribution in [3.8, 4) is 0 Å². The van der Waals surface area contributed by atoms with E-state index in [0.29, 0.717) is 17.7 Å². The average molecular weight is 475 g/mol. The Morgan fingerprint density at radius 3 is 2.45 bits per heavy atom. The largest absolute Gasteiger partial charge is 0.465 e. The van der Waals surface area contributed by atoms with Crippen LogP contribution in [0.2, 0.25) is 10.0 Å². The summed E-state index contributed by atoms with van der Waals surface area (Å²) in [6, 6.07) is 10.6. The number of carbonyl (C=O) groups excluding carboxylic acids is 1. The highest BCUT2D eigenvalue weighted by molar-refractivity contribution is 6.34. The Hall–Kier alpha value is -2.29. The molecule has 2 aromatic rings. The van der Waals surface area contributed by atoms with Gasteiger partial charge in [-0.05, 0) is 36.9 Å². The van der Waals surface area contributed by atoms with Crippen LogP contribution in [0.1, 0.15) is 27.9 Å². The second-order valence-electron chi connectivity index (χ2n) is 7.23. The lowest BCUT2D eigenvalue weighted by Gasteiger charge is -2.30. The molecule has 5 nitrogen and oxygen atoms in total. The Morgan fingerprint density at radius 1 is 1.19 bits per heavy atom. The zero-order valence-electron chi connectivity index (χ0n) is 16.7. The van der Waals surface area contributed by atoms with Crippen molar-refractivity contribution in [1.29, 1.82) is 0 Å². The number of carbonyl (C=O) groups is 1. The predicted octanol–water partition coefficient (Wildman–Crippen LogP) is 5.45. The topological polar surface area (TPSA) is 51.1 Å². The molecule has 1 atom stereocenters. The normalized spacial score (nSPS) is 18.6. The number of hydrogen-bond donors (Lipinski definition) is 0. The number of esters is 1. The lowest BCUT2D eigenvalue weighted by Crippen LogP contribution is -2.43. The molecule has 166 valence electrons. The van der Waals surface area contributed by atoms with Gasteiger partial charge < -0.3 is 9.57 Å². The number of benzene rings is 2. The molecule has 0 saturated heterocycles. The standard InChI is InChI=1S/C21H19Cl2F3N2O3/c1-28(11-13-5-3-4-6-18(13)19(29)30-2)12-17-10-20(31-27-17,21(24,25)26)14-7-15(22)9-16(23)8-14/h3-9H,10-12H2,1-2H3. The molecule has 0 radical (unpaired) electrons. The minimum Gasteiger partial charge on any atom is -0.465 e. The van der Waals surface area contributed by atoms with Crippen LogP contribution in [-0.4, -0.2) is 43.5 Å². The summed E-state index contributed by atoms with van der Waals surface area (Å²) in [5.41, 5.74) is -1.61. The van der Waals surface area contributed by atoms with E-state index < -0.39 is 24.2 Å². The molecule has 1 unspecified atom stereocenters. The molecule has 0 aliphatic carbocycles. The number of hydrogen-bond acceptors (Lipinski definition) is 5. The Kier molecular flexibility index (Phi) is 6.83. The van der Waals surface area contributed by atoms with E-state index in [-0.39, 0.29) is 27.9 Å². The molecular formula is C21H19Cl2F3N2O3.